The van der Waals surface area contributed by atoms with Crippen molar-refractivity contribution in [2.45, 2.75) is 88.7 Å². The lowest BCUT2D eigenvalue weighted by Gasteiger charge is -2.48. The van der Waals surface area contributed by atoms with E-state index in [2.05, 4.69) is 54.6 Å². The smallest absolute Gasteiger partial charge is 0.263 e. The second kappa shape index (κ2) is 17.7. The maximum atomic E-state index is 13.7. The topological polar surface area (TPSA) is 89.6 Å². The van der Waals surface area contributed by atoms with Crippen LogP contribution in [-0.4, -0.2) is 93.3 Å². The van der Waals surface area contributed by atoms with E-state index >= 15 is 0 Å². The molecule has 0 radical (unpaired) electrons. The first-order chi connectivity index (χ1) is 24.7. The number of amides is 1. The van der Waals surface area contributed by atoms with E-state index in [1.54, 1.807) is 13.2 Å². The molecule has 11 heteroatoms. The first-order valence-electron chi connectivity index (χ1n) is 19.1. The standard InChI is InChI=1S/C40H58ClN3O6S/c1-6-7-10-27-18-31(41)14-16-33(27)30-21-44-20-29-12-15-34(29)35(40-49-23-32(24-50-40)43(3)4)11-8-9-26(2)38(25-47-5)51(46)42-39(45)28-13-17-37(48-22-30)36(44)19-28/h13-14,16-19,26,29-30,32,34-35,38,40H,6-12,15,20-25H2,1-5H3,(H,42,45). The fourth-order valence-corrected chi connectivity index (χ4v) is 9.98. The maximum absolute atomic E-state index is 13.7. The van der Waals surface area contributed by atoms with Crippen LogP contribution in [0.4, 0.5) is 5.69 Å². The van der Waals surface area contributed by atoms with E-state index in [0.717, 1.165) is 80.9 Å². The molecule has 7 unspecified atom stereocenters. The fourth-order valence-electron chi connectivity index (χ4n) is 8.51. The fraction of sp³-hybridized carbons (Fsp3) is 0.675. The van der Waals surface area contributed by atoms with Crippen molar-refractivity contribution in [2.24, 2.45) is 23.7 Å². The van der Waals surface area contributed by atoms with Crippen molar-refractivity contribution < 1.29 is 28.0 Å². The number of anilines is 1. The second-order valence-corrected chi connectivity index (χ2v) is 17.3. The van der Waals surface area contributed by atoms with Crippen molar-refractivity contribution in [1.29, 1.82) is 0 Å². The zero-order valence-electron chi connectivity index (χ0n) is 31.1. The van der Waals surface area contributed by atoms with Crippen LogP contribution in [0.1, 0.15) is 86.2 Å². The Morgan fingerprint density at radius 3 is 2.53 bits per heavy atom. The molecule has 9 nitrogen and oxygen atoms in total. The number of nitrogens with zero attached hydrogens (tertiary/aromatic N) is 2. The molecule has 1 saturated heterocycles. The van der Waals surface area contributed by atoms with Gasteiger partial charge in [-0.25, -0.2) is 4.21 Å². The first-order valence-corrected chi connectivity index (χ1v) is 20.7. The number of hydrogen-bond donors (Lipinski definition) is 1. The Morgan fingerprint density at radius 1 is 1.02 bits per heavy atom. The summed E-state index contributed by atoms with van der Waals surface area (Å²) in [5.74, 6) is 1.79. The number of nitrogens with one attached hydrogen (secondary N) is 1. The summed E-state index contributed by atoms with van der Waals surface area (Å²) in [5.41, 5.74) is 3.95. The van der Waals surface area contributed by atoms with Gasteiger partial charge in [-0.05, 0) is 112 Å². The van der Waals surface area contributed by atoms with Crippen molar-refractivity contribution >= 4 is 34.2 Å². The molecule has 1 aliphatic carbocycles. The summed E-state index contributed by atoms with van der Waals surface area (Å²) >= 11 is 6.52. The molecule has 3 heterocycles. The number of benzene rings is 2. The number of halogens is 1. The minimum absolute atomic E-state index is 0.0890. The normalized spacial score (nSPS) is 31.9. The van der Waals surface area contributed by atoms with Crippen LogP contribution in [0.5, 0.6) is 5.75 Å². The summed E-state index contributed by atoms with van der Waals surface area (Å²) in [6, 6.07) is 12.2. The van der Waals surface area contributed by atoms with Gasteiger partial charge in [-0.2, -0.15) is 0 Å². The minimum Gasteiger partial charge on any atom is -0.491 e. The third-order valence-corrected chi connectivity index (χ3v) is 13.7. The molecule has 1 N–H and O–H groups in total. The first kappa shape index (κ1) is 38.5. The SMILES string of the molecule is CCCCc1cc(Cl)ccc1C1COc2ccc3cc2N(C1)CC1CCC1C(C1OCC(N(C)C)CO1)CCCC(C)C(COC)S(=O)NC3=O. The van der Waals surface area contributed by atoms with Crippen LogP contribution in [0.15, 0.2) is 36.4 Å². The van der Waals surface area contributed by atoms with Crippen LogP contribution >= 0.6 is 11.6 Å². The van der Waals surface area contributed by atoms with Gasteiger partial charge in [0, 0.05) is 42.6 Å². The van der Waals surface area contributed by atoms with Gasteiger partial charge >= 0.3 is 0 Å². The van der Waals surface area contributed by atoms with Crippen molar-refractivity contribution in [1.82, 2.24) is 9.62 Å². The number of rotatable bonds is 8. The molecular formula is C40H58ClN3O6S. The van der Waals surface area contributed by atoms with Gasteiger partial charge in [0.05, 0.1) is 43.4 Å². The summed E-state index contributed by atoms with van der Waals surface area (Å²) in [6.07, 6.45) is 8.04. The maximum Gasteiger partial charge on any atom is 0.263 e. The van der Waals surface area contributed by atoms with E-state index in [0.29, 0.717) is 43.8 Å². The number of unbranched alkanes of at least 4 members (excludes halogenated alkanes) is 1. The molecule has 2 aromatic carbocycles. The van der Waals surface area contributed by atoms with Crippen molar-refractivity contribution in [3.8, 4) is 5.75 Å². The van der Waals surface area contributed by atoms with Gasteiger partial charge in [-0.1, -0.05) is 44.4 Å². The van der Waals surface area contributed by atoms with Gasteiger partial charge in [0.2, 0.25) is 0 Å². The number of likely N-dealkylation sites (N-methyl/N-ethyl adjacent to an activating group) is 1. The third kappa shape index (κ3) is 9.13. The number of fused-ring (bicyclic) bond motifs is 2. The Balaban J connectivity index is 1.35. The van der Waals surface area contributed by atoms with Crippen LogP contribution in [0, 0.1) is 23.7 Å². The van der Waals surface area contributed by atoms with Crippen molar-refractivity contribution in [3.63, 3.8) is 0 Å². The molecule has 3 aliphatic heterocycles. The van der Waals surface area contributed by atoms with Crippen LogP contribution in [0.3, 0.4) is 0 Å². The van der Waals surface area contributed by atoms with E-state index in [4.69, 9.17) is 30.5 Å². The van der Waals surface area contributed by atoms with Crippen molar-refractivity contribution in [2.75, 3.05) is 65.6 Å². The summed E-state index contributed by atoms with van der Waals surface area (Å²) < 4.78 is 41.7. The monoisotopic (exact) mass is 743 g/mol. The molecule has 0 spiro atoms. The van der Waals surface area contributed by atoms with Crippen LogP contribution in [0.25, 0.3) is 0 Å². The predicted octanol–water partition coefficient (Wildman–Crippen LogP) is 6.84. The van der Waals surface area contributed by atoms with Crippen LogP contribution in [-0.2, 0) is 31.6 Å². The Kier molecular flexibility index (Phi) is 13.4. The molecule has 1 amide bonds. The number of hydrogen-bond acceptors (Lipinski definition) is 8. The second-order valence-electron chi connectivity index (χ2n) is 15.5. The van der Waals surface area contributed by atoms with Gasteiger partial charge in [-0.15, -0.1) is 0 Å². The lowest BCUT2D eigenvalue weighted by Crippen LogP contribution is -2.51. The van der Waals surface area contributed by atoms with E-state index in [1.165, 1.54) is 11.1 Å². The lowest BCUT2D eigenvalue weighted by molar-refractivity contribution is -0.240. The van der Waals surface area contributed by atoms with Crippen molar-refractivity contribution in [3.05, 3.63) is 58.1 Å². The molecule has 51 heavy (non-hydrogen) atoms. The molecule has 0 aromatic heterocycles. The summed E-state index contributed by atoms with van der Waals surface area (Å²) in [6.45, 7) is 8.11. The molecule has 2 bridgehead atoms. The number of methoxy groups -OCH3 is 1. The van der Waals surface area contributed by atoms with Gasteiger partial charge in [0.1, 0.15) is 16.7 Å². The van der Waals surface area contributed by atoms with E-state index in [1.807, 2.05) is 18.2 Å². The minimum atomic E-state index is -1.62. The van der Waals surface area contributed by atoms with Crippen LogP contribution in [0.2, 0.25) is 5.02 Å². The highest BCUT2D eigenvalue weighted by Crippen LogP contribution is 2.47. The molecule has 7 atom stereocenters. The van der Waals surface area contributed by atoms with E-state index in [-0.39, 0.29) is 41.2 Å². The summed E-state index contributed by atoms with van der Waals surface area (Å²) in [7, 11) is 4.16. The van der Waals surface area contributed by atoms with Crippen LogP contribution < -0.4 is 14.4 Å². The van der Waals surface area contributed by atoms with Gasteiger partial charge in [0.25, 0.3) is 5.91 Å². The zero-order valence-corrected chi connectivity index (χ0v) is 32.7. The largest absolute Gasteiger partial charge is 0.491 e. The molecule has 2 fully saturated rings. The van der Waals surface area contributed by atoms with Gasteiger partial charge < -0.3 is 28.7 Å². The molecule has 6 rings (SSSR count). The quantitative estimate of drug-likeness (QED) is 0.315. The highest BCUT2D eigenvalue weighted by atomic mass is 35.5. The predicted molar refractivity (Wildman–Crippen MR) is 204 cm³/mol. The van der Waals surface area contributed by atoms with E-state index < -0.39 is 11.0 Å². The average Bonchev–Trinajstić information content (AvgIpc) is 3.29. The Bertz CT molecular complexity index is 1500. The molecule has 2 aromatic rings. The lowest BCUT2D eigenvalue weighted by atomic mass is 9.65. The Morgan fingerprint density at radius 2 is 1.82 bits per heavy atom. The van der Waals surface area contributed by atoms with Gasteiger partial charge in [0.15, 0.2) is 6.29 Å². The van der Waals surface area contributed by atoms with E-state index in [9.17, 15) is 9.00 Å². The number of carbonyl (C=O) groups is 1. The number of carbonyl (C=O) groups excluding carboxylic acids is 1. The highest BCUT2D eigenvalue weighted by Gasteiger charge is 2.44. The average molecular weight is 744 g/mol. The summed E-state index contributed by atoms with van der Waals surface area (Å²) in [4.78, 5) is 18.3. The molecule has 282 valence electrons. The Hall–Kier alpha value is -2.21. The highest BCUT2D eigenvalue weighted by molar-refractivity contribution is 7.84. The number of aryl methyl sites for hydroxylation is 1. The van der Waals surface area contributed by atoms with Gasteiger partial charge in [-0.3, -0.25) is 9.52 Å². The molecule has 1 saturated carbocycles. The molecule has 4 aliphatic rings. The third-order valence-electron chi connectivity index (χ3n) is 11.9. The number of ether oxygens (including phenoxy) is 4. The molecular weight excluding hydrogens is 686 g/mol. The Labute approximate surface area is 312 Å². The zero-order chi connectivity index (χ0) is 36.1. The summed E-state index contributed by atoms with van der Waals surface area (Å²) in [5, 5.41) is 0.433.